The van der Waals surface area contributed by atoms with Crippen molar-refractivity contribution in [3.8, 4) is 0 Å². The molecule has 0 radical (unpaired) electrons. The second kappa shape index (κ2) is 6.56. The lowest BCUT2D eigenvalue weighted by molar-refractivity contribution is -0.131. The van der Waals surface area contributed by atoms with Crippen LogP contribution in [0.4, 0.5) is 4.79 Å². The number of carbonyl (C=O) groups excluding carboxylic acids is 2. The summed E-state index contributed by atoms with van der Waals surface area (Å²) >= 11 is 0. The Balaban J connectivity index is 1.53. The average molecular weight is 317 g/mol. The van der Waals surface area contributed by atoms with Crippen molar-refractivity contribution >= 4 is 12.0 Å². The quantitative estimate of drug-likeness (QED) is 0.853. The van der Waals surface area contributed by atoms with Crippen molar-refractivity contribution in [3.05, 3.63) is 30.1 Å². The van der Waals surface area contributed by atoms with Crippen molar-refractivity contribution in [1.82, 2.24) is 14.8 Å². The summed E-state index contributed by atoms with van der Waals surface area (Å²) in [6, 6.07) is 3.89. The normalized spacial score (nSPS) is 24.7. The number of likely N-dealkylation sites (tertiary alicyclic amines) is 1. The van der Waals surface area contributed by atoms with Gasteiger partial charge in [0.05, 0.1) is 6.54 Å². The molecule has 3 rings (SSSR count). The van der Waals surface area contributed by atoms with Gasteiger partial charge in [-0.05, 0) is 37.0 Å². The highest BCUT2D eigenvalue weighted by Crippen LogP contribution is 2.32. The molecule has 23 heavy (non-hydrogen) atoms. The van der Waals surface area contributed by atoms with Crippen LogP contribution in [-0.2, 0) is 16.0 Å². The summed E-state index contributed by atoms with van der Waals surface area (Å²) < 4.78 is 5.58. The summed E-state index contributed by atoms with van der Waals surface area (Å²) in [6.07, 6.45) is 6.93. The molecule has 1 aromatic heterocycles. The number of pyridine rings is 1. The lowest BCUT2D eigenvalue weighted by Gasteiger charge is -2.25. The van der Waals surface area contributed by atoms with Gasteiger partial charge in [-0.2, -0.15) is 0 Å². The van der Waals surface area contributed by atoms with Gasteiger partial charge in [-0.25, -0.2) is 4.79 Å². The Hall–Kier alpha value is -2.11. The van der Waals surface area contributed by atoms with Crippen LogP contribution in [0, 0.1) is 0 Å². The summed E-state index contributed by atoms with van der Waals surface area (Å²) in [7, 11) is 1.76. The Morgan fingerprint density at radius 3 is 2.78 bits per heavy atom. The van der Waals surface area contributed by atoms with Gasteiger partial charge in [-0.3, -0.25) is 9.78 Å². The molecule has 1 atom stereocenters. The van der Waals surface area contributed by atoms with Crippen LogP contribution in [0.1, 0.15) is 31.2 Å². The zero-order valence-corrected chi connectivity index (χ0v) is 13.5. The Labute approximate surface area is 136 Å². The van der Waals surface area contributed by atoms with E-state index in [1.165, 1.54) is 0 Å². The Kier molecular flexibility index (Phi) is 4.50. The van der Waals surface area contributed by atoms with Crippen molar-refractivity contribution in [3.63, 3.8) is 0 Å². The minimum Gasteiger partial charge on any atom is -0.441 e. The van der Waals surface area contributed by atoms with Gasteiger partial charge in [0, 0.05) is 45.4 Å². The Morgan fingerprint density at radius 1 is 1.30 bits per heavy atom. The van der Waals surface area contributed by atoms with Gasteiger partial charge in [0.15, 0.2) is 0 Å². The van der Waals surface area contributed by atoms with E-state index >= 15 is 0 Å². The van der Waals surface area contributed by atoms with E-state index in [4.69, 9.17) is 4.74 Å². The van der Waals surface area contributed by atoms with Crippen LogP contribution in [0.3, 0.4) is 0 Å². The van der Waals surface area contributed by atoms with Crippen LogP contribution >= 0.6 is 0 Å². The first-order chi connectivity index (χ1) is 11.1. The number of rotatable bonds is 3. The molecule has 0 aromatic carbocycles. The molecule has 0 bridgehead atoms. The maximum atomic E-state index is 12.4. The summed E-state index contributed by atoms with van der Waals surface area (Å²) in [5.74, 6) is 0.177. The standard InChI is InChI=1S/C17H23N3O3/c1-19-13-17(23-16(19)22)7-2-11-20(12-8-17)15(21)4-3-14-5-9-18-10-6-14/h5-6,9-10H,2-4,7-8,11-13H2,1H3/t17-/m0/s1. The molecule has 6 heteroatoms. The molecule has 1 aromatic rings. The monoisotopic (exact) mass is 317 g/mol. The van der Waals surface area contributed by atoms with Gasteiger partial charge in [-0.1, -0.05) is 0 Å². The van der Waals surface area contributed by atoms with Crippen LogP contribution in [-0.4, -0.2) is 59.1 Å². The smallest absolute Gasteiger partial charge is 0.410 e. The molecule has 0 aliphatic carbocycles. The molecule has 3 heterocycles. The summed E-state index contributed by atoms with van der Waals surface area (Å²) in [6.45, 7) is 2.04. The van der Waals surface area contributed by atoms with Crippen molar-refractivity contribution < 1.29 is 14.3 Å². The van der Waals surface area contributed by atoms with Crippen molar-refractivity contribution in [2.24, 2.45) is 0 Å². The highest BCUT2D eigenvalue weighted by molar-refractivity contribution is 5.76. The Bertz CT molecular complexity index is 578. The van der Waals surface area contributed by atoms with E-state index in [1.807, 2.05) is 17.0 Å². The molecule has 2 saturated heterocycles. The van der Waals surface area contributed by atoms with Crippen LogP contribution in [0.25, 0.3) is 0 Å². The lowest BCUT2D eigenvalue weighted by atomic mass is 9.95. The first-order valence-corrected chi connectivity index (χ1v) is 8.19. The largest absolute Gasteiger partial charge is 0.441 e. The van der Waals surface area contributed by atoms with Crippen LogP contribution < -0.4 is 0 Å². The molecule has 2 amide bonds. The van der Waals surface area contributed by atoms with Gasteiger partial charge in [-0.15, -0.1) is 0 Å². The third-order valence-corrected chi connectivity index (χ3v) is 4.77. The molecule has 0 N–H and O–H groups in total. The zero-order valence-electron chi connectivity index (χ0n) is 13.5. The topological polar surface area (TPSA) is 62.7 Å². The third-order valence-electron chi connectivity index (χ3n) is 4.77. The van der Waals surface area contributed by atoms with E-state index in [-0.39, 0.29) is 12.0 Å². The maximum Gasteiger partial charge on any atom is 0.410 e. The minimum absolute atomic E-state index is 0.177. The number of carbonyl (C=O) groups is 2. The number of likely N-dealkylation sites (N-methyl/N-ethyl adjacent to an activating group) is 1. The molecule has 2 aliphatic rings. The molecular weight excluding hydrogens is 294 g/mol. The molecule has 2 fully saturated rings. The molecule has 6 nitrogen and oxygen atoms in total. The maximum absolute atomic E-state index is 12.4. The predicted molar refractivity (Wildman–Crippen MR) is 84.8 cm³/mol. The highest BCUT2D eigenvalue weighted by atomic mass is 16.6. The number of amides is 2. The van der Waals surface area contributed by atoms with E-state index in [1.54, 1.807) is 24.3 Å². The summed E-state index contributed by atoms with van der Waals surface area (Å²) in [4.78, 5) is 31.6. The molecule has 2 aliphatic heterocycles. The summed E-state index contributed by atoms with van der Waals surface area (Å²) in [5, 5.41) is 0. The minimum atomic E-state index is -0.397. The SMILES string of the molecule is CN1C[C@@]2(CCCN(C(=O)CCc3ccncc3)CC2)OC1=O. The first kappa shape index (κ1) is 15.8. The number of aryl methyl sites for hydroxylation is 1. The lowest BCUT2D eigenvalue weighted by Crippen LogP contribution is -2.36. The Morgan fingerprint density at radius 2 is 2.09 bits per heavy atom. The van der Waals surface area contributed by atoms with Gasteiger partial charge < -0.3 is 14.5 Å². The number of hydrogen-bond donors (Lipinski definition) is 0. The van der Waals surface area contributed by atoms with Crippen molar-refractivity contribution in [2.75, 3.05) is 26.7 Å². The highest BCUT2D eigenvalue weighted by Gasteiger charge is 2.44. The van der Waals surface area contributed by atoms with E-state index in [9.17, 15) is 9.59 Å². The van der Waals surface area contributed by atoms with Gasteiger partial charge in [0.1, 0.15) is 5.60 Å². The number of nitrogens with zero attached hydrogens (tertiary/aromatic N) is 3. The van der Waals surface area contributed by atoms with Crippen LogP contribution in [0.15, 0.2) is 24.5 Å². The molecule has 0 saturated carbocycles. The van der Waals surface area contributed by atoms with Gasteiger partial charge in [0.25, 0.3) is 0 Å². The van der Waals surface area contributed by atoms with Crippen molar-refractivity contribution in [1.29, 1.82) is 0 Å². The van der Waals surface area contributed by atoms with Crippen molar-refractivity contribution in [2.45, 2.75) is 37.7 Å². The fourth-order valence-electron chi connectivity index (χ4n) is 3.43. The van der Waals surface area contributed by atoms with E-state index in [2.05, 4.69) is 4.98 Å². The van der Waals surface area contributed by atoms with E-state index < -0.39 is 5.60 Å². The second-order valence-corrected chi connectivity index (χ2v) is 6.50. The molecule has 1 spiro atoms. The fraction of sp³-hybridized carbons (Fsp3) is 0.588. The molecule has 124 valence electrons. The number of aromatic nitrogens is 1. The number of ether oxygens (including phenoxy) is 1. The van der Waals surface area contributed by atoms with Gasteiger partial charge in [0.2, 0.25) is 5.91 Å². The average Bonchev–Trinajstić information content (AvgIpc) is 2.72. The fourth-order valence-corrected chi connectivity index (χ4v) is 3.43. The predicted octanol–water partition coefficient (Wildman–Crippen LogP) is 1.85. The second-order valence-electron chi connectivity index (χ2n) is 6.50. The van der Waals surface area contributed by atoms with Crippen LogP contribution in [0.2, 0.25) is 0 Å². The first-order valence-electron chi connectivity index (χ1n) is 8.19. The van der Waals surface area contributed by atoms with E-state index in [0.717, 1.165) is 37.8 Å². The summed E-state index contributed by atoms with van der Waals surface area (Å²) in [5.41, 5.74) is 0.734. The van der Waals surface area contributed by atoms with Crippen LogP contribution in [0.5, 0.6) is 0 Å². The molecule has 0 unspecified atom stereocenters. The molecular formula is C17H23N3O3. The van der Waals surface area contributed by atoms with Gasteiger partial charge >= 0.3 is 6.09 Å². The number of hydrogen-bond acceptors (Lipinski definition) is 4. The third kappa shape index (κ3) is 3.63. The zero-order chi connectivity index (χ0) is 16.3. The van der Waals surface area contributed by atoms with E-state index in [0.29, 0.717) is 19.5 Å².